The van der Waals surface area contributed by atoms with Crippen LogP contribution in [0.5, 0.6) is 5.75 Å². The van der Waals surface area contributed by atoms with E-state index in [1.165, 1.54) is 0 Å². The van der Waals surface area contributed by atoms with Crippen LogP contribution in [0.25, 0.3) is 0 Å². The van der Waals surface area contributed by atoms with Gasteiger partial charge < -0.3 is 9.47 Å². The molecule has 1 atom stereocenters. The van der Waals surface area contributed by atoms with Gasteiger partial charge in [0.25, 0.3) is 0 Å². The molecule has 0 spiro atoms. The molecule has 1 aromatic carbocycles. The molecular weight excluding hydrogens is 276 g/mol. The topological polar surface area (TPSA) is 52.6 Å². The van der Waals surface area contributed by atoms with Crippen LogP contribution in [0.1, 0.15) is 16.8 Å². The van der Waals surface area contributed by atoms with Gasteiger partial charge in [0, 0.05) is 6.42 Å². The smallest absolute Gasteiger partial charge is 0.347 e. The molecule has 5 heteroatoms. The van der Waals surface area contributed by atoms with Gasteiger partial charge in [-0.2, -0.15) is 0 Å². The van der Waals surface area contributed by atoms with E-state index in [0.29, 0.717) is 35.1 Å². The summed E-state index contributed by atoms with van der Waals surface area (Å²) in [5, 5.41) is 0. The number of halogens is 1. The van der Waals surface area contributed by atoms with Crippen molar-refractivity contribution in [3.05, 3.63) is 28.2 Å². The molecule has 0 aliphatic carbocycles. The fourth-order valence-corrected chi connectivity index (χ4v) is 1.94. The maximum Gasteiger partial charge on any atom is 0.347 e. The zero-order chi connectivity index (χ0) is 11.5. The first-order chi connectivity index (χ1) is 7.72. The normalized spacial score (nSPS) is 19.3. The first kappa shape index (κ1) is 11.1. The molecule has 1 aromatic rings. The second kappa shape index (κ2) is 4.65. The van der Waals surface area contributed by atoms with Gasteiger partial charge >= 0.3 is 5.97 Å². The first-order valence-corrected chi connectivity index (χ1v) is 5.58. The Kier molecular flexibility index (Phi) is 3.24. The third-order valence-electron chi connectivity index (χ3n) is 2.27. The van der Waals surface area contributed by atoms with E-state index >= 15 is 0 Å². The summed E-state index contributed by atoms with van der Waals surface area (Å²) < 4.78 is 10.9. The van der Waals surface area contributed by atoms with E-state index in [0.717, 1.165) is 0 Å². The summed E-state index contributed by atoms with van der Waals surface area (Å²) in [6, 6.07) is 5.11. The number of benzene rings is 1. The Morgan fingerprint density at radius 2 is 2.31 bits per heavy atom. The standard InChI is InChI=1S/C11H9BrO4/c12-8-3-1-2-7(6-13)10(8)16-9-4-5-15-11(9)14/h1-3,6,9H,4-5H2. The van der Waals surface area contributed by atoms with Crippen LogP contribution in [-0.4, -0.2) is 25.0 Å². The van der Waals surface area contributed by atoms with Crippen molar-refractivity contribution in [3.8, 4) is 5.75 Å². The van der Waals surface area contributed by atoms with Crippen molar-refractivity contribution < 1.29 is 19.1 Å². The lowest BCUT2D eigenvalue weighted by Gasteiger charge is -2.13. The monoisotopic (exact) mass is 284 g/mol. The quantitative estimate of drug-likeness (QED) is 0.629. The van der Waals surface area contributed by atoms with Gasteiger partial charge in [0.2, 0.25) is 0 Å². The number of hydrogen-bond acceptors (Lipinski definition) is 4. The number of aldehydes is 1. The fourth-order valence-electron chi connectivity index (χ4n) is 1.47. The van der Waals surface area contributed by atoms with E-state index in [2.05, 4.69) is 15.9 Å². The molecule has 1 aliphatic heterocycles. The number of esters is 1. The second-order valence-electron chi connectivity index (χ2n) is 3.34. The van der Waals surface area contributed by atoms with Gasteiger partial charge in [0.05, 0.1) is 16.6 Å². The molecule has 0 saturated carbocycles. The van der Waals surface area contributed by atoms with Crippen LogP contribution in [0.4, 0.5) is 0 Å². The van der Waals surface area contributed by atoms with Crippen molar-refractivity contribution in [2.45, 2.75) is 12.5 Å². The second-order valence-corrected chi connectivity index (χ2v) is 4.19. The van der Waals surface area contributed by atoms with Crippen molar-refractivity contribution in [3.63, 3.8) is 0 Å². The number of cyclic esters (lactones) is 1. The van der Waals surface area contributed by atoms with Crippen LogP contribution < -0.4 is 4.74 Å². The van der Waals surface area contributed by atoms with Gasteiger partial charge in [0.1, 0.15) is 5.75 Å². The molecule has 84 valence electrons. The van der Waals surface area contributed by atoms with Gasteiger partial charge in [-0.3, -0.25) is 4.79 Å². The number of ether oxygens (including phenoxy) is 2. The average molecular weight is 285 g/mol. The van der Waals surface area contributed by atoms with Crippen molar-refractivity contribution in [2.75, 3.05) is 6.61 Å². The van der Waals surface area contributed by atoms with Crippen LogP contribution in [0.3, 0.4) is 0 Å². The lowest BCUT2D eigenvalue weighted by molar-refractivity contribution is -0.143. The maximum atomic E-state index is 11.2. The molecule has 1 heterocycles. The number of rotatable bonds is 3. The number of carbonyl (C=O) groups excluding carboxylic acids is 2. The zero-order valence-electron chi connectivity index (χ0n) is 8.31. The summed E-state index contributed by atoms with van der Waals surface area (Å²) in [5.41, 5.74) is 0.411. The minimum absolute atomic E-state index is 0.365. The SMILES string of the molecule is O=Cc1cccc(Br)c1OC1CCOC1=O. The van der Waals surface area contributed by atoms with Gasteiger partial charge in [-0.25, -0.2) is 4.79 Å². The summed E-state index contributed by atoms with van der Waals surface area (Å²) in [7, 11) is 0. The Labute approximate surface area is 101 Å². The lowest BCUT2D eigenvalue weighted by atomic mass is 10.2. The third-order valence-corrected chi connectivity index (χ3v) is 2.90. The molecule has 0 bridgehead atoms. The highest BCUT2D eigenvalue weighted by molar-refractivity contribution is 9.10. The Morgan fingerprint density at radius 1 is 1.50 bits per heavy atom. The van der Waals surface area contributed by atoms with Crippen molar-refractivity contribution in [1.29, 1.82) is 0 Å². The molecular formula is C11H9BrO4. The van der Waals surface area contributed by atoms with Gasteiger partial charge in [-0.15, -0.1) is 0 Å². The van der Waals surface area contributed by atoms with Crippen LogP contribution in [0.2, 0.25) is 0 Å². The largest absolute Gasteiger partial charge is 0.477 e. The minimum atomic E-state index is -0.614. The Morgan fingerprint density at radius 3 is 2.94 bits per heavy atom. The number of hydrogen-bond donors (Lipinski definition) is 0. The van der Waals surface area contributed by atoms with Crippen LogP contribution in [-0.2, 0) is 9.53 Å². The molecule has 16 heavy (non-hydrogen) atoms. The van der Waals surface area contributed by atoms with Crippen molar-refractivity contribution in [1.82, 2.24) is 0 Å². The molecule has 0 amide bonds. The third kappa shape index (κ3) is 2.09. The Bertz CT molecular complexity index is 430. The average Bonchev–Trinajstić information content (AvgIpc) is 2.67. The van der Waals surface area contributed by atoms with E-state index in [9.17, 15) is 9.59 Å². The van der Waals surface area contributed by atoms with Crippen LogP contribution in [0.15, 0.2) is 22.7 Å². The molecule has 1 aliphatic rings. The van der Waals surface area contributed by atoms with E-state index < -0.39 is 6.10 Å². The maximum absolute atomic E-state index is 11.2. The molecule has 4 nitrogen and oxygen atoms in total. The molecule has 0 aromatic heterocycles. The highest BCUT2D eigenvalue weighted by Gasteiger charge is 2.29. The molecule has 2 rings (SSSR count). The van der Waals surface area contributed by atoms with E-state index in [1.807, 2.05) is 0 Å². The molecule has 0 N–H and O–H groups in total. The van der Waals surface area contributed by atoms with E-state index in [-0.39, 0.29) is 5.97 Å². The highest BCUT2D eigenvalue weighted by atomic mass is 79.9. The highest BCUT2D eigenvalue weighted by Crippen LogP contribution is 2.30. The predicted octanol–water partition coefficient (Wildman–Crippen LogP) is 1.96. The summed E-state index contributed by atoms with van der Waals surface area (Å²) in [6.45, 7) is 0.365. The summed E-state index contributed by atoms with van der Waals surface area (Å²) in [4.78, 5) is 22.1. The molecule has 1 unspecified atom stereocenters. The fraction of sp³-hybridized carbons (Fsp3) is 0.273. The zero-order valence-corrected chi connectivity index (χ0v) is 9.90. The van der Waals surface area contributed by atoms with Crippen molar-refractivity contribution >= 4 is 28.2 Å². The summed E-state index contributed by atoms with van der Waals surface area (Å²) in [5.74, 6) is 0.00829. The predicted molar refractivity (Wildman–Crippen MR) is 59.5 cm³/mol. The van der Waals surface area contributed by atoms with E-state index in [4.69, 9.17) is 9.47 Å². The summed E-state index contributed by atoms with van der Waals surface area (Å²) >= 11 is 3.28. The Balaban J connectivity index is 2.26. The molecule has 0 radical (unpaired) electrons. The van der Waals surface area contributed by atoms with Gasteiger partial charge in [-0.1, -0.05) is 6.07 Å². The lowest BCUT2D eigenvalue weighted by Crippen LogP contribution is -2.22. The van der Waals surface area contributed by atoms with Gasteiger partial charge in [-0.05, 0) is 28.1 Å². The number of carbonyl (C=O) groups is 2. The van der Waals surface area contributed by atoms with Crippen molar-refractivity contribution in [2.24, 2.45) is 0 Å². The Hall–Kier alpha value is -1.36. The van der Waals surface area contributed by atoms with Gasteiger partial charge in [0.15, 0.2) is 12.4 Å². The first-order valence-electron chi connectivity index (χ1n) is 4.79. The molecule has 1 fully saturated rings. The summed E-state index contributed by atoms with van der Waals surface area (Å²) in [6.07, 6.45) is 0.594. The van der Waals surface area contributed by atoms with E-state index in [1.54, 1.807) is 18.2 Å². The minimum Gasteiger partial charge on any atom is -0.477 e. The van der Waals surface area contributed by atoms with Crippen LogP contribution >= 0.6 is 15.9 Å². The number of para-hydroxylation sites is 1. The molecule has 1 saturated heterocycles. The van der Waals surface area contributed by atoms with Crippen LogP contribution in [0, 0.1) is 0 Å².